The van der Waals surface area contributed by atoms with E-state index in [0.29, 0.717) is 24.8 Å². The van der Waals surface area contributed by atoms with Crippen LogP contribution in [0.15, 0.2) is 22.7 Å². The van der Waals surface area contributed by atoms with Crippen LogP contribution in [0.25, 0.3) is 11.5 Å². The van der Waals surface area contributed by atoms with Crippen LogP contribution in [-0.4, -0.2) is 30.5 Å². The van der Waals surface area contributed by atoms with Crippen molar-refractivity contribution in [2.45, 2.75) is 12.3 Å². The average molecular weight is 264 g/mol. The maximum absolute atomic E-state index is 13.9. The van der Waals surface area contributed by atoms with Gasteiger partial charge in [-0.3, -0.25) is 0 Å². The largest absolute Gasteiger partial charge is 0.496 e. The van der Waals surface area contributed by atoms with E-state index in [0.717, 1.165) is 6.42 Å². The second-order valence-electron chi connectivity index (χ2n) is 4.34. The van der Waals surface area contributed by atoms with E-state index in [-0.39, 0.29) is 17.4 Å². The van der Waals surface area contributed by atoms with Gasteiger partial charge in [-0.2, -0.15) is 4.98 Å². The van der Waals surface area contributed by atoms with Crippen molar-refractivity contribution in [1.29, 1.82) is 0 Å². The van der Waals surface area contributed by atoms with Crippen LogP contribution >= 0.6 is 0 Å². The molecule has 100 valence electrons. The van der Waals surface area contributed by atoms with Crippen LogP contribution in [0.4, 0.5) is 4.39 Å². The summed E-state index contributed by atoms with van der Waals surface area (Å²) in [5, 5.41) is 3.90. The zero-order chi connectivity index (χ0) is 13.2. The Morgan fingerprint density at radius 1 is 1.42 bits per heavy atom. The van der Waals surface area contributed by atoms with Crippen molar-refractivity contribution >= 4 is 0 Å². The zero-order valence-electron chi connectivity index (χ0n) is 10.4. The van der Waals surface area contributed by atoms with E-state index in [1.54, 1.807) is 12.1 Å². The third-order valence-electron chi connectivity index (χ3n) is 3.15. The molecule has 2 aromatic rings. The molecular weight excluding hydrogens is 251 g/mol. The average Bonchev–Trinajstić information content (AvgIpc) is 3.08. The summed E-state index contributed by atoms with van der Waals surface area (Å²) in [5.41, 5.74) is 0.197. The Bertz CT molecular complexity index is 579. The number of ether oxygens (including phenoxy) is 2. The minimum atomic E-state index is -0.447. The highest BCUT2D eigenvalue weighted by Crippen LogP contribution is 2.32. The number of hydrogen-bond acceptors (Lipinski definition) is 5. The van der Waals surface area contributed by atoms with Gasteiger partial charge in [-0.25, -0.2) is 4.39 Å². The second-order valence-corrected chi connectivity index (χ2v) is 4.34. The second kappa shape index (κ2) is 4.97. The highest BCUT2D eigenvalue weighted by molar-refractivity contribution is 5.63. The fourth-order valence-corrected chi connectivity index (χ4v) is 2.12. The first-order valence-corrected chi connectivity index (χ1v) is 6.04. The maximum Gasteiger partial charge on any atom is 0.264 e. The molecule has 2 heterocycles. The topological polar surface area (TPSA) is 57.4 Å². The molecule has 1 aromatic carbocycles. The van der Waals surface area contributed by atoms with Crippen molar-refractivity contribution in [2.75, 3.05) is 20.3 Å². The standard InChI is InChI=1S/C13H13FN2O3/c1-17-10-4-2-3-9(14)11(10)13-15-12(16-19-13)8-5-6-18-7-8/h2-4,8H,5-7H2,1H3/t8-/m0/s1. The van der Waals surface area contributed by atoms with E-state index in [1.165, 1.54) is 13.2 Å². The molecule has 19 heavy (non-hydrogen) atoms. The molecule has 0 amide bonds. The molecule has 0 N–H and O–H groups in total. The van der Waals surface area contributed by atoms with E-state index >= 15 is 0 Å². The maximum atomic E-state index is 13.9. The number of aromatic nitrogens is 2. The fourth-order valence-electron chi connectivity index (χ4n) is 2.12. The molecule has 5 nitrogen and oxygen atoms in total. The van der Waals surface area contributed by atoms with Crippen molar-refractivity contribution in [3.63, 3.8) is 0 Å². The van der Waals surface area contributed by atoms with Crippen molar-refractivity contribution < 1.29 is 18.4 Å². The van der Waals surface area contributed by atoms with E-state index in [2.05, 4.69) is 10.1 Å². The minimum absolute atomic E-state index is 0.121. The molecule has 0 saturated carbocycles. The molecule has 1 saturated heterocycles. The predicted molar refractivity (Wildman–Crippen MR) is 64.4 cm³/mol. The first-order valence-electron chi connectivity index (χ1n) is 6.04. The van der Waals surface area contributed by atoms with Crippen LogP contribution in [0.5, 0.6) is 5.75 Å². The highest BCUT2D eigenvalue weighted by atomic mass is 19.1. The molecule has 1 aromatic heterocycles. The first-order chi connectivity index (χ1) is 9.29. The van der Waals surface area contributed by atoms with Gasteiger partial charge < -0.3 is 14.0 Å². The Labute approximate surface area is 109 Å². The van der Waals surface area contributed by atoms with Crippen molar-refractivity contribution in [3.8, 4) is 17.2 Å². The molecule has 1 aliphatic rings. The molecule has 0 unspecified atom stereocenters. The van der Waals surface area contributed by atoms with Crippen molar-refractivity contribution in [1.82, 2.24) is 10.1 Å². The van der Waals surface area contributed by atoms with Gasteiger partial charge in [0, 0.05) is 12.5 Å². The lowest BCUT2D eigenvalue weighted by Gasteiger charge is -2.04. The van der Waals surface area contributed by atoms with Crippen LogP contribution in [0.3, 0.4) is 0 Å². The number of methoxy groups -OCH3 is 1. The zero-order valence-corrected chi connectivity index (χ0v) is 10.4. The monoisotopic (exact) mass is 264 g/mol. The normalized spacial score (nSPS) is 18.7. The summed E-state index contributed by atoms with van der Waals surface area (Å²) in [6.07, 6.45) is 0.855. The Morgan fingerprint density at radius 3 is 3.05 bits per heavy atom. The predicted octanol–water partition coefficient (Wildman–Crippen LogP) is 2.39. The molecule has 0 bridgehead atoms. The number of halogens is 1. The molecule has 0 aliphatic carbocycles. The Balaban J connectivity index is 1.98. The van der Waals surface area contributed by atoms with E-state index in [9.17, 15) is 4.39 Å². The fraction of sp³-hybridized carbons (Fsp3) is 0.385. The van der Waals surface area contributed by atoms with Gasteiger partial charge in [0.15, 0.2) is 5.82 Å². The Hall–Kier alpha value is -1.95. The van der Waals surface area contributed by atoms with Gasteiger partial charge in [0.25, 0.3) is 5.89 Å². The third-order valence-corrected chi connectivity index (χ3v) is 3.15. The molecular formula is C13H13FN2O3. The van der Waals surface area contributed by atoms with E-state index < -0.39 is 5.82 Å². The number of rotatable bonds is 3. The Morgan fingerprint density at radius 2 is 2.32 bits per heavy atom. The molecule has 1 atom stereocenters. The molecule has 1 aliphatic heterocycles. The van der Waals surface area contributed by atoms with Crippen LogP contribution < -0.4 is 4.74 Å². The minimum Gasteiger partial charge on any atom is -0.496 e. The summed E-state index contributed by atoms with van der Waals surface area (Å²) < 4.78 is 29.4. The van der Waals surface area contributed by atoms with Crippen LogP contribution in [0, 0.1) is 5.82 Å². The SMILES string of the molecule is COc1cccc(F)c1-c1nc([C@H]2CCOC2)no1. The first kappa shape index (κ1) is 12.1. The van der Waals surface area contributed by atoms with Crippen LogP contribution in [0.2, 0.25) is 0 Å². The summed E-state index contributed by atoms with van der Waals surface area (Å²) in [7, 11) is 1.47. The summed E-state index contributed by atoms with van der Waals surface area (Å²) in [5.74, 6) is 0.736. The van der Waals surface area contributed by atoms with E-state index in [4.69, 9.17) is 14.0 Å². The molecule has 3 rings (SSSR count). The highest BCUT2D eigenvalue weighted by Gasteiger charge is 2.25. The van der Waals surface area contributed by atoms with Gasteiger partial charge in [-0.1, -0.05) is 11.2 Å². The van der Waals surface area contributed by atoms with Gasteiger partial charge in [0.05, 0.1) is 13.7 Å². The quantitative estimate of drug-likeness (QED) is 0.852. The van der Waals surface area contributed by atoms with Gasteiger partial charge in [-0.05, 0) is 18.6 Å². The van der Waals surface area contributed by atoms with Gasteiger partial charge >= 0.3 is 0 Å². The van der Waals surface area contributed by atoms with Crippen molar-refractivity contribution in [2.24, 2.45) is 0 Å². The number of nitrogens with zero attached hydrogens (tertiary/aromatic N) is 2. The number of benzene rings is 1. The van der Waals surface area contributed by atoms with Gasteiger partial charge in [0.1, 0.15) is 17.1 Å². The molecule has 1 fully saturated rings. The van der Waals surface area contributed by atoms with E-state index in [1.807, 2.05) is 0 Å². The molecule has 0 spiro atoms. The lowest BCUT2D eigenvalue weighted by atomic mass is 10.1. The summed E-state index contributed by atoms with van der Waals surface area (Å²) in [4.78, 5) is 4.25. The smallest absolute Gasteiger partial charge is 0.264 e. The van der Waals surface area contributed by atoms with Gasteiger partial charge in [-0.15, -0.1) is 0 Å². The molecule has 0 radical (unpaired) electrons. The lowest BCUT2D eigenvalue weighted by molar-refractivity contribution is 0.192. The molecule has 6 heteroatoms. The number of hydrogen-bond donors (Lipinski definition) is 0. The van der Waals surface area contributed by atoms with Crippen LogP contribution in [-0.2, 0) is 4.74 Å². The third kappa shape index (κ3) is 2.19. The van der Waals surface area contributed by atoms with Gasteiger partial charge in [0.2, 0.25) is 0 Å². The summed E-state index contributed by atoms with van der Waals surface area (Å²) in [6, 6.07) is 4.56. The van der Waals surface area contributed by atoms with Crippen LogP contribution in [0.1, 0.15) is 18.2 Å². The lowest BCUT2D eigenvalue weighted by Crippen LogP contribution is -2.00. The summed E-state index contributed by atoms with van der Waals surface area (Å²) in [6.45, 7) is 1.27. The summed E-state index contributed by atoms with van der Waals surface area (Å²) >= 11 is 0. The Kier molecular flexibility index (Phi) is 3.16. The van der Waals surface area contributed by atoms with Crippen molar-refractivity contribution in [3.05, 3.63) is 29.8 Å².